The van der Waals surface area contributed by atoms with E-state index in [1.165, 1.54) is 18.2 Å². The molecule has 0 aliphatic rings. The Labute approximate surface area is 130 Å². The fourth-order valence-electron chi connectivity index (χ4n) is 1.79. The summed E-state index contributed by atoms with van der Waals surface area (Å²) in [4.78, 5) is 11.9. The van der Waals surface area contributed by atoms with E-state index in [0.717, 1.165) is 5.56 Å². The van der Waals surface area contributed by atoms with Crippen molar-refractivity contribution in [3.63, 3.8) is 0 Å². The van der Waals surface area contributed by atoms with Crippen molar-refractivity contribution in [1.29, 1.82) is 0 Å². The van der Waals surface area contributed by atoms with Gasteiger partial charge in [-0.25, -0.2) is 4.39 Å². The molecule has 0 radical (unpaired) electrons. The molecule has 0 atom stereocenters. The minimum absolute atomic E-state index is 0.293. The predicted molar refractivity (Wildman–Crippen MR) is 87.4 cm³/mol. The molecule has 108 valence electrons. The van der Waals surface area contributed by atoms with Gasteiger partial charge in [0.2, 0.25) is 5.91 Å². The molecule has 0 unspecified atom stereocenters. The molecule has 1 amide bonds. The number of rotatable bonds is 3. The number of carbonyl (C=O) groups excluding carboxylic acids is 1. The fourth-order valence-corrected chi connectivity index (χ4v) is 2.13. The maximum absolute atomic E-state index is 13.3. The third-order valence-corrected chi connectivity index (χ3v) is 3.47. The maximum atomic E-state index is 13.3. The van der Waals surface area contributed by atoms with Crippen molar-refractivity contribution in [2.24, 2.45) is 0 Å². The van der Waals surface area contributed by atoms with Gasteiger partial charge in [-0.15, -0.1) is 0 Å². The third kappa shape index (κ3) is 4.16. The molecule has 21 heavy (non-hydrogen) atoms. The molecule has 0 fully saturated rings. The van der Waals surface area contributed by atoms with Crippen LogP contribution < -0.4 is 11.1 Å². The van der Waals surface area contributed by atoms with Crippen LogP contribution in [0.4, 0.5) is 15.8 Å². The van der Waals surface area contributed by atoms with Gasteiger partial charge in [0.25, 0.3) is 0 Å². The van der Waals surface area contributed by atoms with E-state index in [4.69, 9.17) is 5.73 Å². The van der Waals surface area contributed by atoms with Crippen molar-refractivity contribution in [3.05, 3.63) is 63.9 Å². The van der Waals surface area contributed by atoms with Gasteiger partial charge in [-0.2, -0.15) is 0 Å². The van der Waals surface area contributed by atoms with Crippen LogP contribution in [0.15, 0.2) is 46.9 Å². The van der Waals surface area contributed by atoms with Crippen LogP contribution in [-0.2, 0) is 4.79 Å². The number of aryl methyl sites for hydroxylation is 1. The lowest BCUT2D eigenvalue weighted by atomic mass is 10.2. The zero-order valence-corrected chi connectivity index (χ0v) is 12.9. The Morgan fingerprint density at radius 1 is 1.33 bits per heavy atom. The summed E-state index contributed by atoms with van der Waals surface area (Å²) in [6.07, 6.45) is 3.07. The second kappa shape index (κ2) is 6.54. The number of anilines is 2. The van der Waals surface area contributed by atoms with E-state index in [2.05, 4.69) is 21.2 Å². The van der Waals surface area contributed by atoms with Gasteiger partial charge in [-0.05, 0) is 64.3 Å². The topological polar surface area (TPSA) is 55.1 Å². The highest BCUT2D eigenvalue weighted by Gasteiger charge is 2.06. The van der Waals surface area contributed by atoms with Crippen molar-refractivity contribution in [3.8, 4) is 0 Å². The Hall–Kier alpha value is -2.14. The highest BCUT2D eigenvalue weighted by atomic mass is 79.9. The van der Waals surface area contributed by atoms with Crippen LogP contribution in [0.2, 0.25) is 0 Å². The second-order valence-corrected chi connectivity index (χ2v) is 5.43. The van der Waals surface area contributed by atoms with Gasteiger partial charge < -0.3 is 11.1 Å². The first kappa shape index (κ1) is 15.3. The molecule has 0 spiro atoms. The summed E-state index contributed by atoms with van der Waals surface area (Å²) >= 11 is 3.10. The van der Waals surface area contributed by atoms with Gasteiger partial charge >= 0.3 is 0 Å². The number of hydrogen-bond acceptors (Lipinski definition) is 2. The van der Waals surface area contributed by atoms with E-state index < -0.39 is 0 Å². The van der Waals surface area contributed by atoms with Crippen LogP contribution in [0.5, 0.6) is 0 Å². The van der Waals surface area contributed by atoms with Crippen molar-refractivity contribution in [1.82, 2.24) is 0 Å². The second-order valence-electron chi connectivity index (χ2n) is 4.57. The van der Waals surface area contributed by atoms with Crippen LogP contribution in [0.25, 0.3) is 6.08 Å². The lowest BCUT2D eigenvalue weighted by Crippen LogP contribution is -2.09. The Morgan fingerprint density at radius 2 is 2.10 bits per heavy atom. The molecule has 0 aliphatic carbocycles. The summed E-state index contributed by atoms with van der Waals surface area (Å²) in [7, 11) is 0. The number of nitrogens with one attached hydrogen (secondary N) is 1. The normalized spacial score (nSPS) is 10.8. The first-order chi connectivity index (χ1) is 9.95. The molecule has 5 heteroatoms. The highest BCUT2D eigenvalue weighted by molar-refractivity contribution is 9.10. The largest absolute Gasteiger partial charge is 0.399 e. The van der Waals surface area contributed by atoms with Gasteiger partial charge in [0.15, 0.2) is 0 Å². The van der Waals surface area contributed by atoms with Gasteiger partial charge in [0.05, 0.1) is 4.47 Å². The SMILES string of the molecule is Cc1cc(F)c(Br)cc1NC(=O)/C=C/c1cccc(N)c1. The Bertz CT molecular complexity index is 713. The van der Waals surface area contributed by atoms with Crippen molar-refractivity contribution >= 4 is 39.3 Å². The van der Waals surface area contributed by atoms with E-state index in [-0.39, 0.29) is 11.7 Å². The number of carbonyl (C=O) groups is 1. The predicted octanol–water partition coefficient (Wildman–Crippen LogP) is 4.13. The van der Waals surface area contributed by atoms with Crippen LogP contribution in [0, 0.1) is 12.7 Å². The van der Waals surface area contributed by atoms with Gasteiger partial charge in [0, 0.05) is 17.5 Å². The molecule has 0 saturated heterocycles. The van der Waals surface area contributed by atoms with Crippen molar-refractivity contribution < 1.29 is 9.18 Å². The van der Waals surface area contributed by atoms with E-state index >= 15 is 0 Å². The van der Waals surface area contributed by atoms with E-state index in [9.17, 15) is 9.18 Å². The summed E-state index contributed by atoms with van der Waals surface area (Å²) in [6, 6.07) is 10.1. The Kier molecular flexibility index (Phi) is 4.75. The zero-order valence-electron chi connectivity index (χ0n) is 11.4. The number of hydrogen-bond donors (Lipinski definition) is 2. The lowest BCUT2D eigenvalue weighted by Gasteiger charge is -2.07. The molecule has 3 N–H and O–H groups in total. The van der Waals surface area contributed by atoms with Crippen LogP contribution in [0.1, 0.15) is 11.1 Å². The zero-order chi connectivity index (χ0) is 15.4. The number of nitrogen functional groups attached to an aromatic ring is 1. The molecule has 0 aromatic heterocycles. The first-order valence-electron chi connectivity index (χ1n) is 6.26. The van der Waals surface area contributed by atoms with Gasteiger partial charge in [0.1, 0.15) is 5.82 Å². The van der Waals surface area contributed by atoms with Crippen LogP contribution in [-0.4, -0.2) is 5.91 Å². The average Bonchev–Trinajstić information content (AvgIpc) is 2.43. The molecule has 0 aliphatic heterocycles. The highest BCUT2D eigenvalue weighted by Crippen LogP contribution is 2.24. The average molecular weight is 349 g/mol. The van der Waals surface area contributed by atoms with E-state index in [1.807, 2.05) is 12.1 Å². The summed E-state index contributed by atoms with van der Waals surface area (Å²) in [5.41, 5.74) is 8.35. The standard InChI is InChI=1S/C16H14BrFN2O/c1-10-7-14(18)13(17)9-15(10)20-16(21)6-5-11-3-2-4-12(19)8-11/h2-9H,19H2,1H3,(H,20,21)/b6-5+. The maximum Gasteiger partial charge on any atom is 0.248 e. The number of halogens is 2. The van der Waals surface area contributed by atoms with Crippen LogP contribution >= 0.6 is 15.9 Å². The molecule has 0 bridgehead atoms. The first-order valence-corrected chi connectivity index (χ1v) is 7.05. The molecule has 2 aromatic carbocycles. The number of nitrogens with two attached hydrogens (primary N) is 1. The summed E-state index contributed by atoms with van der Waals surface area (Å²) in [5, 5.41) is 2.71. The summed E-state index contributed by atoms with van der Waals surface area (Å²) < 4.78 is 13.6. The quantitative estimate of drug-likeness (QED) is 0.647. The summed E-state index contributed by atoms with van der Waals surface area (Å²) in [6.45, 7) is 1.73. The van der Waals surface area contributed by atoms with Gasteiger partial charge in [-0.1, -0.05) is 12.1 Å². The van der Waals surface area contributed by atoms with Crippen molar-refractivity contribution in [2.45, 2.75) is 6.92 Å². The molecule has 2 rings (SSSR count). The van der Waals surface area contributed by atoms with Crippen molar-refractivity contribution in [2.75, 3.05) is 11.1 Å². The minimum Gasteiger partial charge on any atom is -0.399 e. The van der Waals surface area contributed by atoms with E-state index in [1.54, 1.807) is 25.1 Å². The molecular weight excluding hydrogens is 335 g/mol. The molecular formula is C16H14BrFN2O. The fraction of sp³-hybridized carbons (Fsp3) is 0.0625. The van der Waals surface area contributed by atoms with Crippen LogP contribution in [0.3, 0.4) is 0 Å². The third-order valence-electron chi connectivity index (χ3n) is 2.86. The molecule has 0 heterocycles. The number of benzene rings is 2. The molecule has 2 aromatic rings. The molecule has 3 nitrogen and oxygen atoms in total. The lowest BCUT2D eigenvalue weighted by molar-refractivity contribution is -0.111. The minimum atomic E-state index is -0.360. The Morgan fingerprint density at radius 3 is 2.81 bits per heavy atom. The Balaban J connectivity index is 2.10. The smallest absolute Gasteiger partial charge is 0.248 e. The monoisotopic (exact) mass is 348 g/mol. The summed E-state index contributed by atoms with van der Waals surface area (Å²) in [5.74, 6) is -0.653. The van der Waals surface area contributed by atoms with Gasteiger partial charge in [-0.3, -0.25) is 4.79 Å². The van der Waals surface area contributed by atoms with E-state index in [0.29, 0.717) is 21.4 Å². The molecule has 0 saturated carbocycles. The number of amides is 1.